The zero-order chi connectivity index (χ0) is 13.5. The molecule has 9 heteroatoms. The molecule has 3 N–H and O–H groups in total. The Bertz CT molecular complexity index is 829. The molecule has 4 rings (SSSR count). The number of nitrogens with two attached hydrogens (primary N) is 1. The fourth-order valence-electron chi connectivity index (χ4n) is 1.75. The summed E-state index contributed by atoms with van der Waals surface area (Å²) in [6.45, 7) is 0. The van der Waals surface area contributed by atoms with Gasteiger partial charge < -0.3 is 5.73 Å². The molecule has 0 amide bonds. The number of hydrogen-bond donors (Lipinski definition) is 2. The van der Waals surface area contributed by atoms with Crippen LogP contribution in [0.3, 0.4) is 0 Å². The van der Waals surface area contributed by atoms with Gasteiger partial charge in [0.05, 0.1) is 24.3 Å². The molecule has 0 radical (unpaired) electrons. The maximum Gasteiger partial charge on any atom is 0.183 e. The van der Waals surface area contributed by atoms with Crippen LogP contribution in [-0.2, 0) is 0 Å². The zero-order valence-electron chi connectivity index (χ0n) is 9.94. The molecule has 4 heterocycles. The highest BCUT2D eigenvalue weighted by Gasteiger charge is 2.12. The lowest BCUT2D eigenvalue weighted by atomic mass is 10.3. The minimum absolute atomic E-state index is 0.534. The van der Waals surface area contributed by atoms with Crippen molar-refractivity contribution in [3.05, 3.63) is 24.8 Å². The van der Waals surface area contributed by atoms with E-state index in [0.717, 1.165) is 31.6 Å². The topological polar surface area (TPSA) is 106 Å². The Balaban J connectivity index is 1.72. The van der Waals surface area contributed by atoms with Crippen LogP contribution in [0.4, 0.5) is 5.13 Å². The maximum atomic E-state index is 5.64. The van der Waals surface area contributed by atoms with E-state index in [1.54, 1.807) is 24.8 Å². The Morgan fingerprint density at radius 1 is 0.950 bits per heavy atom. The number of aromatic amines is 1. The van der Waals surface area contributed by atoms with Crippen LogP contribution in [0.5, 0.6) is 0 Å². The van der Waals surface area contributed by atoms with E-state index in [1.807, 2.05) is 0 Å². The van der Waals surface area contributed by atoms with Crippen LogP contribution in [0.25, 0.3) is 31.6 Å². The van der Waals surface area contributed by atoms with Gasteiger partial charge in [0.1, 0.15) is 10.7 Å². The Labute approximate surface area is 120 Å². The molecule has 0 aromatic carbocycles. The van der Waals surface area contributed by atoms with Gasteiger partial charge in [-0.1, -0.05) is 22.7 Å². The number of hydrogen-bond acceptors (Lipinski definition) is 8. The minimum atomic E-state index is 0.534. The summed E-state index contributed by atoms with van der Waals surface area (Å²) >= 11 is 2.84. The fraction of sp³-hybridized carbons (Fsp3) is 0. The Morgan fingerprint density at radius 3 is 2.45 bits per heavy atom. The van der Waals surface area contributed by atoms with E-state index < -0.39 is 0 Å². The molecule has 7 nitrogen and oxygen atoms in total. The molecular weight excluding hydrogens is 294 g/mol. The molecule has 0 atom stereocenters. The molecule has 0 fully saturated rings. The third-order valence-corrected chi connectivity index (χ3v) is 4.54. The number of fused-ring (bicyclic) bond motifs is 1. The summed E-state index contributed by atoms with van der Waals surface area (Å²) in [7, 11) is 0. The molecule has 0 aliphatic carbocycles. The number of H-pyrrole nitrogens is 1. The molecule has 4 aromatic rings. The molecular formula is C11H7N7S2. The molecule has 98 valence electrons. The van der Waals surface area contributed by atoms with Gasteiger partial charge in [-0.05, 0) is 0 Å². The number of rotatable bonds is 2. The van der Waals surface area contributed by atoms with Gasteiger partial charge in [-0.25, -0.2) is 15.0 Å². The molecule has 4 aromatic heterocycles. The van der Waals surface area contributed by atoms with Crippen molar-refractivity contribution in [1.29, 1.82) is 0 Å². The normalized spacial score (nSPS) is 11.2. The summed E-state index contributed by atoms with van der Waals surface area (Å²) in [5.74, 6) is 0. The lowest BCUT2D eigenvalue weighted by molar-refractivity contribution is 1.09. The Kier molecular flexibility index (Phi) is 2.47. The van der Waals surface area contributed by atoms with Gasteiger partial charge in [-0.15, -0.1) is 0 Å². The van der Waals surface area contributed by atoms with Crippen LogP contribution < -0.4 is 5.73 Å². The first-order valence-corrected chi connectivity index (χ1v) is 7.27. The molecule has 0 aliphatic rings. The number of thiazole rings is 2. The standard InChI is InChI=1S/C11H7N7S2/c12-11-18-10-9(20-11)17-8(19-10)7-4-13-6(3-14-7)5-1-15-16-2-5/h1-4H,(H2,12,18)(H,15,16). The van der Waals surface area contributed by atoms with Crippen LogP contribution in [-0.4, -0.2) is 30.1 Å². The van der Waals surface area contributed by atoms with Crippen molar-refractivity contribution >= 4 is 37.5 Å². The predicted octanol–water partition coefficient (Wildman–Crippen LogP) is 2.18. The largest absolute Gasteiger partial charge is 0.375 e. The number of nitrogens with zero attached hydrogens (tertiary/aromatic N) is 5. The van der Waals surface area contributed by atoms with E-state index in [0.29, 0.717) is 5.13 Å². The summed E-state index contributed by atoms with van der Waals surface area (Å²) < 4.78 is 0. The Morgan fingerprint density at radius 2 is 1.75 bits per heavy atom. The summed E-state index contributed by atoms with van der Waals surface area (Å²) in [6, 6.07) is 0. The smallest absolute Gasteiger partial charge is 0.183 e. The van der Waals surface area contributed by atoms with Crippen molar-refractivity contribution in [3.63, 3.8) is 0 Å². The molecule has 20 heavy (non-hydrogen) atoms. The SMILES string of the molecule is Nc1nc2sc(-c3cnc(-c4cn[nH]c4)cn3)nc2s1. The van der Waals surface area contributed by atoms with E-state index >= 15 is 0 Å². The predicted molar refractivity (Wildman–Crippen MR) is 78.3 cm³/mol. The van der Waals surface area contributed by atoms with Gasteiger partial charge in [-0.3, -0.25) is 10.1 Å². The van der Waals surface area contributed by atoms with E-state index in [2.05, 4.69) is 30.1 Å². The molecule has 0 saturated carbocycles. The second-order valence-electron chi connectivity index (χ2n) is 3.96. The number of anilines is 1. The average Bonchev–Trinajstić information content (AvgIpc) is 3.13. The molecule has 0 spiro atoms. The first kappa shape index (κ1) is 11.4. The van der Waals surface area contributed by atoms with Crippen molar-refractivity contribution in [2.45, 2.75) is 0 Å². The third-order valence-electron chi connectivity index (χ3n) is 2.66. The maximum absolute atomic E-state index is 5.64. The summed E-state index contributed by atoms with van der Waals surface area (Å²) in [5.41, 5.74) is 8.03. The van der Waals surface area contributed by atoms with Crippen molar-refractivity contribution in [2.24, 2.45) is 0 Å². The van der Waals surface area contributed by atoms with Gasteiger partial charge in [0.15, 0.2) is 14.8 Å². The van der Waals surface area contributed by atoms with Gasteiger partial charge in [0, 0.05) is 11.8 Å². The highest BCUT2D eigenvalue weighted by molar-refractivity contribution is 7.29. The monoisotopic (exact) mass is 301 g/mol. The van der Waals surface area contributed by atoms with Crippen LogP contribution in [0, 0.1) is 0 Å². The molecule has 0 unspecified atom stereocenters. The summed E-state index contributed by atoms with van der Waals surface area (Å²) in [6.07, 6.45) is 6.89. The van der Waals surface area contributed by atoms with Crippen LogP contribution >= 0.6 is 22.7 Å². The van der Waals surface area contributed by atoms with E-state index in [9.17, 15) is 0 Å². The van der Waals surface area contributed by atoms with Gasteiger partial charge in [0.25, 0.3) is 0 Å². The van der Waals surface area contributed by atoms with Gasteiger partial charge >= 0.3 is 0 Å². The molecule has 0 aliphatic heterocycles. The van der Waals surface area contributed by atoms with E-state index in [4.69, 9.17) is 5.73 Å². The van der Waals surface area contributed by atoms with E-state index in [-0.39, 0.29) is 0 Å². The number of aromatic nitrogens is 6. The van der Waals surface area contributed by atoms with Crippen molar-refractivity contribution in [2.75, 3.05) is 5.73 Å². The van der Waals surface area contributed by atoms with Crippen molar-refractivity contribution < 1.29 is 0 Å². The number of nitrogens with one attached hydrogen (secondary N) is 1. The lowest BCUT2D eigenvalue weighted by Gasteiger charge is -1.97. The summed E-state index contributed by atoms with van der Waals surface area (Å²) in [5, 5.41) is 7.97. The lowest BCUT2D eigenvalue weighted by Crippen LogP contribution is -1.87. The minimum Gasteiger partial charge on any atom is -0.375 e. The first-order chi connectivity index (χ1) is 9.79. The highest BCUT2D eigenvalue weighted by atomic mass is 32.1. The summed E-state index contributed by atoms with van der Waals surface area (Å²) in [4.78, 5) is 19.1. The zero-order valence-corrected chi connectivity index (χ0v) is 11.6. The van der Waals surface area contributed by atoms with Gasteiger partial charge in [0.2, 0.25) is 0 Å². The quantitative estimate of drug-likeness (QED) is 0.587. The Hall–Kier alpha value is -2.39. The first-order valence-electron chi connectivity index (χ1n) is 5.64. The fourth-order valence-corrected chi connectivity index (χ4v) is 3.52. The molecule has 0 bridgehead atoms. The number of nitrogen functional groups attached to an aromatic ring is 1. The van der Waals surface area contributed by atoms with Crippen molar-refractivity contribution in [3.8, 4) is 22.0 Å². The molecule has 0 saturated heterocycles. The van der Waals surface area contributed by atoms with Crippen LogP contribution in [0.1, 0.15) is 0 Å². The third kappa shape index (κ3) is 1.84. The van der Waals surface area contributed by atoms with Crippen molar-refractivity contribution in [1.82, 2.24) is 30.1 Å². The highest BCUT2D eigenvalue weighted by Crippen LogP contribution is 2.32. The van der Waals surface area contributed by atoms with E-state index in [1.165, 1.54) is 22.7 Å². The van der Waals surface area contributed by atoms with Crippen LogP contribution in [0.15, 0.2) is 24.8 Å². The second-order valence-corrected chi connectivity index (χ2v) is 5.94. The van der Waals surface area contributed by atoms with Crippen LogP contribution in [0.2, 0.25) is 0 Å². The average molecular weight is 301 g/mol. The second kappa shape index (κ2) is 4.32. The van der Waals surface area contributed by atoms with Gasteiger partial charge in [-0.2, -0.15) is 5.10 Å².